The van der Waals surface area contributed by atoms with Crippen molar-refractivity contribution >= 4 is 5.91 Å². The first-order valence-corrected chi connectivity index (χ1v) is 10.2. The number of rotatable bonds is 4. The Morgan fingerprint density at radius 1 is 1.14 bits per heavy atom. The van der Waals surface area contributed by atoms with E-state index in [1.807, 2.05) is 18.2 Å². The van der Waals surface area contributed by atoms with Crippen molar-refractivity contribution in [3.05, 3.63) is 59.3 Å². The number of hydrogen-bond acceptors (Lipinski definition) is 4. The molecule has 0 spiro atoms. The molecule has 0 unspecified atom stereocenters. The van der Waals surface area contributed by atoms with Crippen molar-refractivity contribution < 1.29 is 13.6 Å². The highest BCUT2D eigenvalue weighted by molar-refractivity contribution is 5.91. The van der Waals surface area contributed by atoms with E-state index in [1.54, 1.807) is 25.2 Å². The van der Waals surface area contributed by atoms with Crippen LogP contribution in [-0.2, 0) is 6.54 Å². The molecule has 0 radical (unpaired) electrons. The second kappa shape index (κ2) is 7.01. The molecule has 6 rings (SSSR count). The van der Waals surface area contributed by atoms with Crippen LogP contribution in [-0.4, -0.2) is 54.5 Å². The van der Waals surface area contributed by atoms with Crippen LogP contribution in [0.25, 0.3) is 0 Å². The Hall–Kier alpha value is -2.18. The van der Waals surface area contributed by atoms with Gasteiger partial charge in [0.2, 0.25) is 0 Å². The Morgan fingerprint density at radius 2 is 1.89 bits per heavy atom. The first kappa shape index (κ1) is 17.9. The molecular weight excluding hydrogens is 357 g/mol. The molecule has 2 bridgehead atoms. The van der Waals surface area contributed by atoms with E-state index >= 15 is 0 Å². The summed E-state index contributed by atoms with van der Waals surface area (Å²) in [5, 5.41) is 2.60. The lowest BCUT2D eigenvalue weighted by atomic mass is 9.75. The van der Waals surface area contributed by atoms with Crippen molar-refractivity contribution in [2.75, 3.05) is 26.7 Å². The fourth-order valence-electron chi connectivity index (χ4n) is 5.63. The van der Waals surface area contributed by atoms with E-state index in [0.29, 0.717) is 36.2 Å². The third-order valence-electron chi connectivity index (χ3n) is 6.86. The summed E-state index contributed by atoms with van der Waals surface area (Å²) in [6.45, 7) is 3.97. The van der Waals surface area contributed by atoms with Gasteiger partial charge in [0.1, 0.15) is 11.6 Å². The molecule has 6 heteroatoms. The van der Waals surface area contributed by atoms with E-state index in [4.69, 9.17) is 4.42 Å². The third kappa shape index (κ3) is 2.95. The van der Waals surface area contributed by atoms with Crippen LogP contribution in [0.5, 0.6) is 0 Å². The monoisotopic (exact) mass is 383 g/mol. The molecule has 1 N–H and O–H groups in total. The van der Waals surface area contributed by atoms with Crippen molar-refractivity contribution in [1.29, 1.82) is 0 Å². The van der Waals surface area contributed by atoms with Crippen LogP contribution in [0, 0.1) is 11.7 Å². The minimum Gasteiger partial charge on any atom is -0.455 e. The molecule has 148 valence electrons. The van der Waals surface area contributed by atoms with Gasteiger partial charge in [-0.1, -0.05) is 12.1 Å². The summed E-state index contributed by atoms with van der Waals surface area (Å²) in [6.07, 6.45) is 2.49. The second-order valence-electron chi connectivity index (χ2n) is 8.29. The predicted octanol–water partition coefficient (Wildman–Crippen LogP) is 2.84. The molecule has 3 atom stereocenters. The zero-order chi connectivity index (χ0) is 19.3. The van der Waals surface area contributed by atoms with Crippen molar-refractivity contribution in [1.82, 2.24) is 15.1 Å². The Balaban J connectivity index is 1.42. The van der Waals surface area contributed by atoms with Crippen LogP contribution in [0.15, 0.2) is 40.8 Å². The Bertz CT molecular complexity index is 857. The maximum absolute atomic E-state index is 13.5. The molecule has 4 fully saturated rings. The smallest absolute Gasteiger partial charge is 0.286 e. The van der Waals surface area contributed by atoms with E-state index in [-0.39, 0.29) is 11.7 Å². The van der Waals surface area contributed by atoms with Gasteiger partial charge in [0, 0.05) is 31.6 Å². The number of halogens is 1. The van der Waals surface area contributed by atoms with Crippen molar-refractivity contribution in [2.45, 2.75) is 37.4 Å². The molecule has 1 aromatic heterocycles. The molecule has 4 aliphatic heterocycles. The van der Waals surface area contributed by atoms with Gasteiger partial charge in [-0.25, -0.2) is 4.39 Å². The summed E-state index contributed by atoms with van der Waals surface area (Å²) in [5.41, 5.74) is 1.22. The van der Waals surface area contributed by atoms with Gasteiger partial charge in [0.05, 0.1) is 6.54 Å². The van der Waals surface area contributed by atoms with Gasteiger partial charge in [0.25, 0.3) is 5.91 Å². The number of nitrogens with one attached hydrogen (secondary N) is 1. The number of furan rings is 1. The molecule has 5 nitrogen and oxygen atoms in total. The summed E-state index contributed by atoms with van der Waals surface area (Å²) in [6, 6.07) is 11.7. The van der Waals surface area contributed by atoms with Gasteiger partial charge in [-0.2, -0.15) is 0 Å². The molecule has 0 aliphatic carbocycles. The predicted molar refractivity (Wildman–Crippen MR) is 104 cm³/mol. The minimum absolute atomic E-state index is 0.182. The molecule has 4 aliphatic rings. The lowest BCUT2D eigenvalue weighted by Crippen LogP contribution is -2.59. The number of carbonyl (C=O) groups is 1. The number of likely N-dealkylation sites (tertiary alicyclic amines) is 1. The van der Waals surface area contributed by atoms with Crippen molar-refractivity contribution in [2.24, 2.45) is 5.92 Å². The van der Waals surface area contributed by atoms with Crippen molar-refractivity contribution in [3.63, 3.8) is 0 Å². The lowest BCUT2D eigenvalue weighted by molar-refractivity contribution is -0.0102. The summed E-state index contributed by atoms with van der Waals surface area (Å²) in [4.78, 5) is 17.0. The SMILES string of the molecule is CNC(=O)c1ccc(CN2C[C@H](c3ccc(F)cc3)[C@H]3[C@@H]2C2CCN3CC2)o1. The molecule has 2 aromatic rings. The number of fused-ring (bicyclic) bond motifs is 2. The van der Waals surface area contributed by atoms with Crippen LogP contribution in [0.3, 0.4) is 0 Å². The fraction of sp³-hybridized carbons (Fsp3) is 0.500. The number of carbonyl (C=O) groups excluding carboxylic acids is 1. The third-order valence-corrected chi connectivity index (χ3v) is 6.86. The number of piperidine rings is 3. The average Bonchev–Trinajstić information content (AvgIpc) is 3.36. The van der Waals surface area contributed by atoms with Crippen LogP contribution in [0.4, 0.5) is 4.39 Å². The highest BCUT2D eigenvalue weighted by Crippen LogP contribution is 2.47. The van der Waals surface area contributed by atoms with Crippen molar-refractivity contribution in [3.8, 4) is 0 Å². The van der Waals surface area contributed by atoms with E-state index in [9.17, 15) is 9.18 Å². The van der Waals surface area contributed by atoms with E-state index in [2.05, 4.69) is 15.1 Å². The van der Waals surface area contributed by atoms with Gasteiger partial charge in [-0.15, -0.1) is 0 Å². The van der Waals surface area contributed by atoms with Gasteiger partial charge >= 0.3 is 0 Å². The van der Waals surface area contributed by atoms with Crippen LogP contribution < -0.4 is 5.32 Å². The molecule has 5 heterocycles. The van der Waals surface area contributed by atoms with Gasteiger partial charge in [-0.05, 0) is 61.7 Å². The molecule has 1 aromatic carbocycles. The Labute approximate surface area is 164 Å². The minimum atomic E-state index is -0.197. The molecule has 28 heavy (non-hydrogen) atoms. The van der Waals surface area contributed by atoms with E-state index in [0.717, 1.165) is 12.3 Å². The zero-order valence-corrected chi connectivity index (χ0v) is 16.1. The normalized spacial score (nSPS) is 31.7. The first-order chi connectivity index (χ1) is 13.6. The summed E-state index contributed by atoms with van der Waals surface area (Å²) in [7, 11) is 1.61. The highest BCUT2D eigenvalue weighted by Gasteiger charge is 2.53. The highest BCUT2D eigenvalue weighted by atomic mass is 19.1. The maximum Gasteiger partial charge on any atom is 0.286 e. The zero-order valence-electron chi connectivity index (χ0n) is 16.1. The number of amides is 1. The van der Waals surface area contributed by atoms with Gasteiger partial charge in [-0.3, -0.25) is 14.6 Å². The number of hydrogen-bond donors (Lipinski definition) is 1. The first-order valence-electron chi connectivity index (χ1n) is 10.2. The molecule has 0 saturated carbocycles. The van der Waals surface area contributed by atoms with Gasteiger partial charge in [0.15, 0.2) is 5.76 Å². The second-order valence-corrected chi connectivity index (χ2v) is 8.29. The average molecular weight is 383 g/mol. The van der Waals surface area contributed by atoms with E-state index in [1.165, 1.54) is 31.5 Å². The summed E-state index contributed by atoms with van der Waals surface area (Å²) < 4.78 is 19.2. The topological polar surface area (TPSA) is 48.7 Å². The quantitative estimate of drug-likeness (QED) is 0.882. The molecule has 1 amide bonds. The number of benzene rings is 1. The van der Waals surface area contributed by atoms with Crippen LogP contribution in [0.1, 0.15) is 40.6 Å². The summed E-state index contributed by atoms with van der Waals surface area (Å²) >= 11 is 0. The lowest BCUT2D eigenvalue weighted by Gasteiger charge is -2.51. The maximum atomic E-state index is 13.5. The van der Waals surface area contributed by atoms with Crippen LogP contribution in [0.2, 0.25) is 0 Å². The largest absolute Gasteiger partial charge is 0.455 e. The molecular formula is C22H26FN3O2. The number of nitrogens with zero attached hydrogens (tertiary/aromatic N) is 2. The Kier molecular flexibility index (Phi) is 4.48. The van der Waals surface area contributed by atoms with Crippen LogP contribution >= 0.6 is 0 Å². The Morgan fingerprint density at radius 3 is 2.61 bits per heavy atom. The summed E-state index contributed by atoms with van der Waals surface area (Å²) in [5.74, 6) is 1.89. The fourth-order valence-corrected chi connectivity index (χ4v) is 5.63. The van der Waals surface area contributed by atoms with Gasteiger partial charge < -0.3 is 9.73 Å². The molecule has 4 saturated heterocycles. The standard InChI is InChI=1S/C22H26FN3O2/c1-24-22(27)19-7-6-17(28-19)12-26-13-18(14-2-4-16(23)5-3-14)21-20(26)15-8-10-25(21)11-9-15/h2-7,15,18,20-21H,8-13H2,1H3,(H,24,27)/t18-,20+,21+/m1/s1. The van der Waals surface area contributed by atoms with E-state index < -0.39 is 0 Å².